The number of rotatable bonds is 3. The van der Waals surface area contributed by atoms with Gasteiger partial charge in [0.05, 0.1) is 23.7 Å². The van der Waals surface area contributed by atoms with Gasteiger partial charge in [-0.25, -0.2) is 4.98 Å². The molecule has 0 radical (unpaired) electrons. The number of hydrogen-bond acceptors (Lipinski definition) is 4. The molecule has 0 bridgehead atoms. The Hall–Kier alpha value is -2.48. The van der Waals surface area contributed by atoms with Gasteiger partial charge < -0.3 is 15.0 Å². The van der Waals surface area contributed by atoms with Gasteiger partial charge in [0.2, 0.25) is 11.8 Å². The molecule has 1 aromatic heterocycles. The van der Waals surface area contributed by atoms with Crippen molar-refractivity contribution in [2.75, 3.05) is 18.0 Å². The van der Waals surface area contributed by atoms with Gasteiger partial charge in [0.15, 0.2) is 0 Å². The van der Waals surface area contributed by atoms with Gasteiger partial charge in [-0.3, -0.25) is 4.79 Å². The highest BCUT2D eigenvalue weighted by Crippen LogP contribution is 2.39. The molecule has 1 atom stereocenters. The highest BCUT2D eigenvalue weighted by molar-refractivity contribution is 6.30. The fourth-order valence-electron chi connectivity index (χ4n) is 2.64. The van der Waals surface area contributed by atoms with Gasteiger partial charge in [0, 0.05) is 18.8 Å². The molecule has 1 aromatic carbocycles. The van der Waals surface area contributed by atoms with Crippen LogP contribution in [0.25, 0.3) is 0 Å². The van der Waals surface area contributed by atoms with E-state index in [1.165, 1.54) is 25.3 Å². The Kier molecular flexibility index (Phi) is 4.95. The Morgan fingerprint density at radius 2 is 2.08 bits per heavy atom. The molecule has 1 aliphatic rings. The summed E-state index contributed by atoms with van der Waals surface area (Å²) in [6.07, 6.45) is -3.39. The maximum Gasteiger partial charge on any atom is 0.416 e. The van der Waals surface area contributed by atoms with Crippen LogP contribution < -0.4 is 15.0 Å². The summed E-state index contributed by atoms with van der Waals surface area (Å²) in [5.74, 6) is 0.0976. The highest BCUT2D eigenvalue weighted by atomic mass is 35.5. The maximum absolute atomic E-state index is 12.8. The third-order valence-corrected chi connectivity index (χ3v) is 4.05. The van der Waals surface area contributed by atoms with Gasteiger partial charge in [0.25, 0.3) is 0 Å². The highest BCUT2D eigenvalue weighted by Gasteiger charge is 2.32. The number of alkyl halides is 3. The predicted molar refractivity (Wildman–Crippen MR) is 90.8 cm³/mol. The second-order valence-electron chi connectivity index (χ2n) is 5.81. The Labute approximate surface area is 152 Å². The first-order chi connectivity index (χ1) is 12.2. The van der Waals surface area contributed by atoms with Crippen molar-refractivity contribution in [2.24, 2.45) is 0 Å². The molecular weight excluding hydrogens is 371 g/mol. The Balaban J connectivity index is 1.93. The maximum atomic E-state index is 12.8. The number of carbonyl (C=O) groups excluding carboxylic acids is 1. The number of amides is 1. The van der Waals surface area contributed by atoms with E-state index >= 15 is 0 Å². The van der Waals surface area contributed by atoms with E-state index in [-0.39, 0.29) is 12.5 Å². The number of nitrogens with zero attached hydrogens (tertiary/aromatic N) is 2. The van der Waals surface area contributed by atoms with Crippen LogP contribution in [-0.4, -0.2) is 30.1 Å². The van der Waals surface area contributed by atoms with Gasteiger partial charge >= 0.3 is 6.18 Å². The van der Waals surface area contributed by atoms with E-state index in [0.717, 1.165) is 12.1 Å². The van der Waals surface area contributed by atoms with Gasteiger partial charge in [-0.05, 0) is 30.3 Å². The number of fused-ring (bicyclic) bond motifs is 1. The zero-order valence-corrected chi connectivity index (χ0v) is 14.4. The molecule has 1 N–H and O–H groups in total. The van der Waals surface area contributed by atoms with Crippen molar-refractivity contribution in [1.29, 1.82) is 0 Å². The Bertz CT molecular complexity index is 812. The quantitative estimate of drug-likeness (QED) is 0.873. The van der Waals surface area contributed by atoms with Crippen LogP contribution in [0, 0.1) is 0 Å². The van der Waals surface area contributed by atoms with Crippen LogP contribution in [0.2, 0.25) is 5.02 Å². The first-order valence-electron chi connectivity index (χ1n) is 7.75. The van der Waals surface area contributed by atoms with Crippen molar-refractivity contribution in [1.82, 2.24) is 10.3 Å². The van der Waals surface area contributed by atoms with E-state index < -0.39 is 17.8 Å². The normalized spacial score (nSPS) is 16.7. The number of aromatic nitrogens is 1. The largest absolute Gasteiger partial charge is 0.469 e. The van der Waals surface area contributed by atoms with Crippen LogP contribution >= 0.6 is 11.6 Å². The van der Waals surface area contributed by atoms with Gasteiger partial charge in [0.1, 0.15) is 11.8 Å². The number of pyridine rings is 1. The number of hydrogen-bond donors (Lipinski definition) is 1. The Morgan fingerprint density at radius 1 is 1.38 bits per heavy atom. The smallest absolute Gasteiger partial charge is 0.416 e. The van der Waals surface area contributed by atoms with Crippen LogP contribution in [0.4, 0.5) is 24.5 Å². The Morgan fingerprint density at radius 3 is 2.69 bits per heavy atom. The number of nitrogens with one attached hydrogen (secondary N) is 1. The zero-order valence-electron chi connectivity index (χ0n) is 13.7. The summed E-state index contributed by atoms with van der Waals surface area (Å²) in [5, 5.41) is 3.04. The number of halogens is 4. The van der Waals surface area contributed by atoms with E-state index in [2.05, 4.69) is 10.3 Å². The van der Waals surface area contributed by atoms with Crippen molar-refractivity contribution in [3.05, 3.63) is 47.1 Å². The summed E-state index contributed by atoms with van der Waals surface area (Å²) in [5.41, 5.74) is 0.365. The molecule has 2 aromatic rings. The van der Waals surface area contributed by atoms with E-state index in [0.29, 0.717) is 28.8 Å². The molecule has 1 unspecified atom stereocenters. The molecule has 3 rings (SSSR count). The lowest BCUT2D eigenvalue weighted by Crippen LogP contribution is -2.44. The summed E-state index contributed by atoms with van der Waals surface area (Å²) in [6.45, 7) is 1.96. The van der Waals surface area contributed by atoms with E-state index in [9.17, 15) is 18.0 Å². The molecular formula is C17H15ClF3N3O2. The van der Waals surface area contributed by atoms with Crippen molar-refractivity contribution >= 4 is 28.9 Å². The second-order valence-corrected chi connectivity index (χ2v) is 6.25. The number of benzene rings is 1. The topological polar surface area (TPSA) is 54.5 Å². The van der Waals surface area contributed by atoms with E-state index in [4.69, 9.17) is 16.3 Å². The lowest BCUT2D eigenvalue weighted by molar-refractivity contribution is -0.137. The standard InChI is InChI=1S/C17H15ClF3N3O2/c1-10(25)22-8-14-9-24(15-6-12(18)7-23-16(15)26-14)13-4-2-11(3-5-13)17(19,20)21/h2-7,14H,8-9H2,1H3,(H,22,25). The fraction of sp³-hybridized carbons (Fsp3) is 0.294. The van der Waals surface area contributed by atoms with Crippen molar-refractivity contribution in [3.63, 3.8) is 0 Å². The van der Waals surface area contributed by atoms with Crippen LogP contribution in [0.3, 0.4) is 0 Å². The third-order valence-electron chi connectivity index (χ3n) is 3.84. The summed E-state index contributed by atoms with van der Waals surface area (Å²) >= 11 is 6.00. The lowest BCUT2D eigenvalue weighted by Gasteiger charge is -2.35. The van der Waals surface area contributed by atoms with E-state index in [1.807, 2.05) is 0 Å². The molecule has 2 heterocycles. The molecule has 1 aliphatic heterocycles. The summed E-state index contributed by atoms with van der Waals surface area (Å²) in [6, 6.07) is 6.44. The minimum Gasteiger partial charge on any atom is -0.469 e. The zero-order chi connectivity index (χ0) is 18.9. The SMILES string of the molecule is CC(=O)NCC1CN(c2ccc(C(F)(F)F)cc2)c2cc(Cl)cnc2O1. The third kappa shape index (κ3) is 4.01. The molecule has 0 saturated heterocycles. The summed E-state index contributed by atoms with van der Waals surface area (Å²) in [4.78, 5) is 17.0. The second kappa shape index (κ2) is 7.03. The fourth-order valence-corrected chi connectivity index (χ4v) is 2.79. The van der Waals surface area contributed by atoms with Gasteiger partial charge in [-0.1, -0.05) is 11.6 Å². The van der Waals surface area contributed by atoms with Gasteiger partial charge in [-0.15, -0.1) is 0 Å². The molecule has 26 heavy (non-hydrogen) atoms. The van der Waals surface area contributed by atoms with Crippen molar-refractivity contribution < 1.29 is 22.7 Å². The molecule has 0 saturated carbocycles. The van der Waals surface area contributed by atoms with Crippen molar-refractivity contribution in [2.45, 2.75) is 19.2 Å². The van der Waals surface area contributed by atoms with Crippen LogP contribution in [0.1, 0.15) is 12.5 Å². The monoisotopic (exact) mass is 385 g/mol. The predicted octanol–water partition coefficient (Wildman–Crippen LogP) is 3.79. The first-order valence-corrected chi connectivity index (χ1v) is 8.13. The molecule has 0 aliphatic carbocycles. The van der Waals surface area contributed by atoms with E-state index in [1.54, 1.807) is 11.0 Å². The molecule has 138 valence electrons. The molecule has 1 amide bonds. The average Bonchev–Trinajstić information content (AvgIpc) is 2.59. The van der Waals surface area contributed by atoms with Crippen LogP contribution in [0.5, 0.6) is 5.88 Å². The average molecular weight is 386 g/mol. The molecule has 0 spiro atoms. The number of carbonyl (C=O) groups is 1. The number of anilines is 2. The van der Waals surface area contributed by atoms with Crippen molar-refractivity contribution in [3.8, 4) is 5.88 Å². The summed E-state index contributed by atoms with van der Waals surface area (Å²) < 4.78 is 44.1. The molecule has 5 nitrogen and oxygen atoms in total. The molecule has 9 heteroatoms. The minimum absolute atomic E-state index is 0.204. The lowest BCUT2D eigenvalue weighted by atomic mass is 10.1. The molecule has 0 fully saturated rings. The van der Waals surface area contributed by atoms with Crippen LogP contribution in [0.15, 0.2) is 36.5 Å². The first kappa shape index (κ1) is 18.3. The van der Waals surface area contributed by atoms with Crippen LogP contribution in [-0.2, 0) is 11.0 Å². The number of ether oxygens (including phenoxy) is 1. The summed E-state index contributed by atoms with van der Waals surface area (Å²) in [7, 11) is 0. The van der Waals surface area contributed by atoms with Gasteiger partial charge in [-0.2, -0.15) is 13.2 Å². The minimum atomic E-state index is -4.40.